The van der Waals surface area contributed by atoms with E-state index in [-0.39, 0.29) is 6.42 Å². The summed E-state index contributed by atoms with van der Waals surface area (Å²) >= 11 is 3.39. The van der Waals surface area contributed by atoms with Crippen molar-refractivity contribution >= 4 is 33.8 Å². The first kappa shape index (κ1) is 19.3. The quantitative estimate of drug-likeness (QED) is 0.705. The monoisotopic (exact) mass is 394 g/mol. The van der Waals surface area contributed by atoms with Gasteiger partial charge < -0.3 is 14.7 Å². The lowest BCUT2D eigenvalue weighted by atomic mass is 9.86. The summed E-state index contributed by atoms with van der Waals surface area (Å²) in [5.74, 6) is -0.274. The molecule has 1 saturated carbocycles. The molecule has 0 aliphatic heterocycles. The van der Waals surface area contributed by atoms with E-state index in [9.17, 15) is 4.79 Å². The van der Waals surface area contributed by atoms with Crippen molar-refractivity contribution in [3.05, 3.63) is 33.0 Å². The molecule has 0 atom stereocenters. The molecule has 1 aliphatic carbocycles. The molecule has 1 fully saturated rings. The van der Waals surface area contributed by atoms with Gasteiger partial charge in [0.2, 0.25) is 0 Å². The molecule has 0 aromatic carbocycles. The number of carbonyl (C=O) groups is 1. The van der Waals surface area contributed by atoms with Crippen LogP contribution in [0.1, 0.15) is 53.5 Å². The van der Waals surface area contributed by atoms with Crippen molar-refractivity contribution in [2.24, 2.45) is 0 Å². The number of ether oxygens (including phenoxy) is 1. The lowest BCUT2D eigenvalue weighted by molar-refractivity contribution is -0.136. The van der Waals surface area contributed by atoms with Gasteiger partial charge >= 0.3 is 5.97 Å². The number of hydrogen-bond acceptors (Lipinski definition) is 6. The van der Waals surface area contributed by atoms with Gasteiger partial charge in [0, 0.05) is 34.7 Å². The summed E-state index contributed by atoms with van der Waals surface area (Å²) in [7, 11) is 1.79. The number of aromatic nitrogens is 1. The fourth-order valence-electron chi connectivity index (χ4n) is 3.43. The summed E-state index contributed by atoms with van der Waals surface area (Å²) in [5, 5.41) is 12.2. The molecular formula is C19H26N2O3S2. The molecule has 0 spiro atoms. The molecular weight excluding hydrogens is 368 g/mol. The third kappa shape index (κ3) is 5.05. The largest absolute Gasteiger partial charge is 0.481 e. The number of aliphatic carboxylic acids is 1. The molecule has 0 saturated heterocycles. The Morgan fingerprint density at radius 3 is 2.73 bits per heavy atom. The summed E-state index contributed by atoms with van der Waals surface area (Å²) in [6.45, 7) is 3.29. The van der Waals surface area contributed by atoms with Gasteiger partial charge in [-0.25, -0.2) is 4.98 Å². The zero-order valence-electron chi connectivity index (χ0n) is 15.3. The first-order valence-electron chi connectivity index (χ1n) is 9.05. The molecule has 0 bridgehead atoms. The number of nitrogens with zero attached hydrogens (tertiary/aromatic N) is 2. The first-order valence-corrected chi connectivity index (χ1v) is 10.7. The van der Waals surface area contributed by atoms with Gasteiger partial charge in [-0.2, -0.15) is 0 Å². The van der Waals surface area contributed by atoms with Crippen molar-refractivity contribution in [1.82, 2.24) is 4.98 Å². The lowest BCUT2D eigenvalue weighted by Gasteiger charge is -2.26. The highest BCUT2D eigenvalue weighted by Crippen LogP contribution is 2.36. The Hall–Kier alpha value is -1.44. The van der Waals surface area contributed by atoms with Crippen molar-refractivity contribution in [1.29, 1.82) is 0 Å². The predicted octanol–water partition coefficient (Wildman–Crippen LogP) is 4.67. The van der Waals surface area contributed by atoms with Crippen molar-refractivity contribution < 1.29 is 14.6 Å². The number of anilines is 1. The molecule has 0 amide bonds. The van der Waals surface area contributed by atoms with Crippen molar-refractivity contribution in [3.8, 4) is 0 Å². The molecule has 2 aromatic rings. The summed E-state index contributed by atoms with van der Waals surface area (Å²) < 4.78 is 5.46. The van der Waals surface area contributed by atoms with Gasteiger partial charge in [0.1, 0.15) is 0 Å². The Morgan fingerprint density at radius 2 is 2.12 bits per heavy atom. The number of carboxylic acids is 1. The maximum absolute atomic E-state index is 11.1. The number of aryl methyl sites for hydroxylation is 1. The summed E-state index contributed by atoms with van der Waals surface area (Å²) in [6, 6.07) is 4.23. The lowest BCUT2D eigenvalue weighted by Crippen LogP contribution is -2.25. The Kier molecular flexibility index (Phi) is 6.67. The number of hydrogen-bond donors (Lipinski definition) is 1. The molecule has 0 radical (unpaired) electrons. The zero-order chi connectivity index (χ0) is 18.5. The van der Waals surface area contributed by atoms with Crippen LogP contribution in [0.3, 0.4) is 0 Å². The normalized spacial score (nSPS) is 20.2. The standard InChI is InChI=1S/C19H26N2O3S2/c1-13-3-8-16(26-13)11-21(10-9-18(22)23)19-20-17(12-25-19)14-4-6-15(24-2)7-5-14/h3,8,12,14-15H,4-7,9-11H2,1-2H3,(H,22,23). The van der Waals surface area contributed by atoms with Crippen LogP contribution in [0.2, 0.25) is 0 Å². The van der Waals surface area contributed by atoms with Crippen LogP contribution in [-0.4, -0.2) is 35.8 Å². The van der Waals surface area contributed by atoms with Gasteiger partial charge in [-0.15, -0.1) is 22.7 Å². The van der Waals surface area contributed by atoms with E-state index in [0.717, 1.165) is 43.1 Å². The number of methoxy groups -OCH3 is 1. The third-order valence-corrected chi connectivity index (χ3v) is 6.85. The van der Waals surface area contributed by atoms with E-state index in [4.69, 9.17) is 14.8 Å². The van der Waals surface area contributed by atoms with Gasteiger partial charge in [0.25, 0.3) is 0 Å². The van der Waals surface area contributed by atoms with E-state index < -0.39 is 5.97 Å². The van der Waals surface area contributed by atoms with E-state index >= 15 is 0 Å². The van der Waals surface area contributed by atoms with E-state index in [1.165, 1.54) is 9.75 Å². The fourth-order valence-corrected chi connectivity index (χ4v) is 5.27. The second-order valence-corrected chi connectivity index (χ2v) is 9.05. The van der Waals surface area contributed by atoms with Crippen LogP contribution in [-0.2, 0) is 16.1 Å². The molecule has 5 nitrogen and oxygen atoms in total. The molecule has 26 heavy (non-hydrogen) atoms. The maximum Gasteiger partial charge on any atom is 0.305 e. The number of carboxylic acid groups (broad SMARTS) is 1. The van der Waals surface area contributed by atoms with E-state index in [0.29, 0.717) is 18.6 Å². The predicted molar refractivity (Wildman–Crippen MR) is 106 cm³/mol. The Bertz CT molecular complexity index is 720. The molecule has 0 unspecified atom stereocenters. The maximum atomic E-state index is 11.1. The van der Waals surface area contributed by atoms with Gasteiger partial charge in [-0.3, -0.25) is 4.79 Å². The molecule has 2 aromatic heterocycles. The minimum absolute atomic E-state index is 0.123. The highest BCUT2D eigenvalue weighted by atomic mass is 32.1. The summed E-state index contributed by atoms with van der Waals surface area (Å²) in [4.78, 5) is 20.5. The van der Waals surface area contributed by atoms with Gasteiger partial charge in [-0.05, 0) is 44.7 Å². The van der Waals surface area contributed by atoms with E-state index in [1.807, 2.05) is 0 Å². The van der Waals surface area contributed by atoms with Gasteiger partial charge in [0.15, 0.2) is 5.13 Å². The molecule has 1 N–H and O–H groups in total. The van der Waals surface area contributed by atoms with Crippen molar-refractivity contribution in [3.63, 3.8) is 0 Å². The SMILES string of the molecule is COC1CCC(c2csc(N(CCC(=O)O)Cc3ccc(C)s3)n2)CC1. The number of rotatable bonds is 8. The van der Waals surface area contributed by atoms with Crippen LogP contribution in [0.4, 0.5) is 5.13 Å². The summed E-state index contributed by atoms with van der Waals surface area (Å²) in [5.41, 5.74) is 1.15. The van der Waals surface area contributed by atoms with Crippen LogP contribution in [0.25, 0.3) is 0 Å². The van der Waals surface area contributed by atoms with Crippen LogP contribution in [0.15, 0.2) is 17.5 Å². The third-order valence-electron chi connectivity index (χ3n) is 4.94. The molecule has 2 heterocycles. The Labute approximate surface area is 162 Å². The molecule has 7 heteroatoms. The minimum Gasteiger partial charge on any atom is -0.481 e. The second kappa shape index (κ2) is 8.97. The average molecular weight is 395 g/mol. The van der Waals surface area contributed by atoms with E-state index in [2.05, 4.69) is 29.3 Å². The number of thiophene rings is 1. The van der Waals surface area contributed by atoms with Gasteiger partial charge in [0.05, 0.1) is 24.8 Å². The highest BCUT2D eigenvalue weighted by molar-refractivity contribution is 7.14. The Morgan fingerprint density at radius 1 is 1.35 bits per heavy atom. The fraction of sp³-hybridized carbons (Fsp3) is 0.579. The first-order chi connectivity index (χ1) is 12.5. The molecule has 1 aliphatic rings. The van der Waals surface area contributed by atoms with Crippen LogP contribution in [0, 0.1) is 6.92 Å². The highest BCUT2D eigenvalue weighted by Gasteiger charge is 2.25. The van der Waals surface area contributed by atoms with E-state index in [1.54, 1.807) is 29.8 Å². The van der Waals surface area contributed by atoms with Crippen LogP contribution < -0.4 is 4.90 Å². The van der Waals surface area contributed by atoms with Crippen LogP contribution >= 0.6 is 22.7 Å². The topological polar surface area (TPSA) is 62.7 Å². The molecule has 142 valence electrons. The Balaban J connectivity index is 1.70. The van der Waals surface area contributed by atoms with Crippen LogP contribution in [0.5, 0.6) is 0 Å². The second-order valence-electron chi connectivity index (χ2n) is 6.84. The smallest absolute Gasteiger partial charge is 0.305 e. The summed E-state index contributed by atoms with van der Waals surface area (Å²) in [6.07, 6.45) is 4.91. The average Bonchev–Trinajstić information content (AvgIpc) is 3.28. The molecule has 3 rings (SSSR count). The number of thiazole rings is 1. The van der Waals surface area contributed by atoms with Crippen molar-refractivity contribution in [2.75, 3.05) is 18.6 Å². The minimum atomic E-state index is -0.771. The van der Waals surface area contributed by atoms with Crippen molar-refractivity contribution in [2.45, 2.75) is 57.6 Å². The van der Waals surface area contributed by atoms with Gasteiger partial charge in [-0.1, -0.05) is 0 Å². The zero-order valence-corrected chi connectivity index (χ0v) is 16.9.